The first-order chi connectivity index (χ1) is 9.42. The quantitative estimate of drug-likeness (QED) is 0.933. The highest BCUT2D eigenvalue weighted by atomic mass is 19.1. The molecular weight excluding hydrogens is 253 g/mol. The number of benzene rings is 1. The summed E-state index contributed by atoms with van der Waals surface area (Å²) in [6.45, 7) is 8.38. The molecule has 0 aliphatic heterocycles. The molecule has 0 bridgehead atoms. The van der Waals surface area contributed by atoms with E-state index in [0.717, 1.165) is 22.5 Å². The van der Waals surface area contributed by atoms with Gasteiger partial charge >= 0.3 is 0 Å². The molecule has 1 heterocycles. The first kappa shape index (κ1) is 14.6. The second-order valence-corrected chi connectivity index (χ2v) is 5.29. The van der Waals surface area contributed by atoms with Crippen LogP contribution in [0, 0.1) is 26.6 Å². The Kier molecular flexibility index (Phi) is 4.14. The molecule has 3 nitrogen and oxygen atoms in total. The lowest BCUT2D eigenvalue weighted by molar-refractivity contribution is 0.627. The van der Waals surface area contributed by atoms with Crippen LogP contribution in [0.4, 0.5) is 4.39 Å². The summed E-state index contributed by atoms with van der Waals surface area (Å²) < 4.78 is 13.5. The maximum absolute atomic E-state index is 13.5. The minimum absolute atomic E-state index is 0.221. The topological polar surface area (TPSA) is 51.8 Å². The Morgan fingerprint density at radius 1 is 1.10 bits per heavy atom. The van der Waals surface area contributed by atoms with Gasteiger partial charge < -0.3 is 5.73 Å². The van der Waals surface area contributed by atoms with Gasteiger partial charge in [0.2, 0.25) is 0 Å². The molecule has 106 valence electrons. The van der Waals surface area contributed by atoms with Crippen molar-refractivity contribution in [1.29, 1.82) is 0 Å². The summed E-state index contributed by atoms with van der Waals surface area (Å²) in [7, 11) is 0. The van der Waals surface area contributed by atoms with E-state index < -0.39 is 0 Å². The molecule has 0 fully saturated rings. The van der Waals surface area contributed by atoms with Crippen LogP contribution in [0.5, 0.6) is 0 Å². The van der Waals surface area contributed by atoms with Gasteiger partial charge in [0.25, 0.3) is 0 Å². The highest BCUT2D eigenvalue weighted by Crippen LogP contribution is 2.25. The average molecular weight is 273 g/mol. The minimum Gasteiger partial charge on any atom is -0.330 e. The third-order valence-corrected chi connectivity index (χ3v) is 3.47. The van der Waals surface area contributed by atoms with Crippen molar-refractivity contribution in [2.45, 2.75) is 33.6 Å². The fraction of sp³-hybridized carbons (Fsp3) is 0.375. The number of rotatable bonds is 3. The lowest BCUT2D eigenvalue weighted by Crippen LogP contribution is -2.14. The van der Waals surface area contributed by atoms with Crippen LogP contribution in [0.3, 0.4) is 0 Å². The first-order valence-electron chi connectivity index (χ1n) is 6.75. The maximum Gasteiger partial charge on any atom is 0.159 e. The Hall–Kier alpha value is -1.81. The van der Waals surface area contributed by atoms with Gasteiger partial charge in [-0.3, -0.25) is 0 Å². The molecule has 20 heavy (non-hydrogen) atoms. The zero-order valence-corrected chi connectivity index (χ0v) is 12.4. The highest BCUT2D eigenvalue weighted by Gasteiger charge is 2.15. The molecule has 1 aromatic carbocycles. The summed E-state index contributed by atoms with van der Waals surface area (Å²) >= 11 is 0. The molecule has 1 atom stereocenters. The SMILES string of the molecule is Cc1cc(F)cc(-c2nc(C)c(C(C)CN)c(C)n2)c1. The van der Waals surface area contributed by atoms with Crippen molar-refractivity contribution in [1.82, 2.24) is 9.97 Å². The van der Waals surface area contributed by atoms with E-state index in [4.69, 9.17) is 5.73 Å². The van der Waals surface area contributed by atoms with E-state index in [2.05, 4.69) is 16.9 Å². The standard InChI is InChI=1S/C16H20FN3/c1-9-5-13(7-14(17)6-9)16-19-11(3)15(10(2)8-18)12(4)20-16/h5-7,10H,8,18H2,1-4H3. The molecule has 2 N–H and O–H groups in total. The summed E-state index contributed by atoms with van der Waals surface area (Å²) in [5, 5.41) is 0. The summed E-state index contributed by atoms with van der Waals surface area (Å²) in [5.41, 5.74) is 10.2. The van der Waals surface area contributed by atoms with Crippen LogP contribution in [0.2, 0.25) is 0 Å². The van der Waals surface area contributed by atoms with Crippen LogP contribution in [0.1, 0.15) is 35.4 Å². The van der Waals surface area contributed by atoms with Gasteiger partial charge in [-0.25, -0.2) is 14.4 Å². The Bertz CT molecular complexity index is 594. The second kappa shape index (κ2) is 5.67. The Morgan fingerprint density at radius 2 is 1.70 bits per heavy atom. The number of nitrogens with two attached hydrogens (primary N) is 1. The van der Waals surface area contributed by atoms with Gasteiger partial charge in [-0.15, -0.1) is 0 Å². The van der Waals surface area contributed by atoms with Gasteiger partial charge in [-0.2, -0.15) is 0 Å². The minimum atomic E-state index is -0.265. The van der Waals surface area contributed by atoms with Crippen molar-refractivity contribution in [3.63, 3.8) is 0 Å². The van der Waals surface area contributed by atoms with Gasteiger partial charge in [0.15, 0.2) is 5.82 Å². The molecular formula is C16H20FN3. The molecule has 4 heteroatoms. The smallest absolute Gasteiger partial charge is 0.159 e. The molecule has 2 rings (SSSR count). The first-order valence-corrected chi connectivity index (χ1v) is 6.75. The Balaban J connectivity index is 2.54. The number of hydrogen-bond donors (Lipinski definition) is 1. The molecule has 0 amide bonds. The van der Waals surface area contributed by atoms with Gasteiger partial charge in [-0.05, 0) is 62.6 Å². The van der Waals surface area contributed by atoms with E-state index in [1.807, 2.05) is 26.8 Å². The van der Waals surface area contributed by atoms with Crippen molar-refractivity contribution < 1.29 is 4.39 Å². The Morgan fingerprint density at radius 3 is 2.20 bits per heavy atom. The van der Waals surface area contributed by atoms with Crippen LogP contribution in [-0.4, -0.2) is 16.5 Å². The number of halogens is 1. The lowest BCUT2D eigenvalue weighted by atomic mass is 9.98. The van der Waals surface area contributed by atoms with Crippen LogP contribution in [0.15, 0.2) is 18.2 Å². The zero-order chi connectivity index (χ0) is 14.9. The Labute approximate surface area is 119 Å². The van der Waals surface area contributed by atoms with Gasteiger partial charge in [0, 0.05) is 17.0 Å². The molecule has 2 aromatic rings. The van der Waals surface area contributed by atoms with Crippen LogP contribution in [0.25, 0.3) is 11.4 Å². The second-order valence-electron chi connectivity index (χ2n) is 5.29. The van der Waals surface area contributed by atoms with Crippen LogP contribution in [-0.2, 0) is 0 Å². The van der Waals surface area contributed by atoms with Gasteiger partial charge in [0.1, 0.15) is 5.82 Å². The molecule has 1 aromatic heterocycles. The molecule has 0 spiro atoms. The molecule has 0 saturated carbocycles. The van der Waals surface area contributed by atoms with Gasteiger partial charge in [-0.1, -0.05) is 6.92 Å². The summed E-state index contributed by atoms with van der Waals surface area (Å²) in [6, 6.07) is 4.85. The largest absolute Gasteiger partial charge is 0.330 e. The normalized spacial score (nSPS) is 12.5. The van der Waals surface area contributed by atoms with E-state index in [-0.39, 0.29) is 11.7 Å². The molecule has 0 aliphatic rings. The number of aromatic nitrogens is 2. The molecule has 0 radical (unpaired) electrons. The third-order valence-electron chi connectivity index (χ3n) is 3.47. The highest BCUT2D eigenvalue weighted by molar-refractivity contribution is 5.57. The van der Waals surface area contributed by atoms with E-state index in [1.54, 1.807) is 0 Å². The van der Waals surface area contributed by atoms with E-state index >= 15 is 0 Å². The van der Waals surface area contributed by atoms with Crippen molar-refractivity contribution in [2.75, 3.05) is 6.54 Å². The fourth-order valence-electron chi connectivity index (χ4n) is 2.55. The van der Waals surface area contributed by atoms with E-state index in [1.165, 1.54) is 12.1 Å². The molecule has 0 aliphatic carbocycles. The van der Waals surface area contributed by atoms with Crippen LogP contribution < -0.4 is 5.73 Å². The van der Waals surface area contributed by atoms with E-state index in [0.29, 0.717) is 17.9 Å². The monoisotopic (exact) mass is 273 g/mol. The van der Waals surface area contributed by atoms with Crippen molar-refractivity contribution >= 4 is 0 Å². The molecule has 1 unspecified atom stereocenters. The van der Waals surface area contributed by atoms with E-state index in [9.17, 15) is 4.39 Å². The summed E-state index contributed by atoms with van der Waals surface area (Å²) in [6.07, 6.45) is 0. The van der Waals surface area contributed by atoms with Crippen molar-refractivity contribution in [2.24, 2.45) is 5.73 Å². The summed E-state index contributed by atoms with van der Waals surface area (Å²) in [5.74, 6) is 0.521. The number of nitrogens with zero attached hydrogens (tertiary/aromatic N) is 2. The van der Waals surface area contributed by atoms with Crippen molar-refractivity contribution in [3.8, 4) is 11.4 Å². The lowest BCUT2D eigenvalue weighted by Gasteiger charge is -2.16. The third kappa shape index (κ3) is 2.85. The maximum atomic E-state index is 13.5. The van der Waals surface area contributed by atoms with Crippen LogP contribution >= 0.6 is 0 Å². The number of hydrogen-bond acceptors (Lipinski definition) is 3. The van der Waals surface area contributed by atoms with Crippen molar-refractivity contribution in [3.05, 3.63) is 46.5 Å². The summed E-state index contributed by atoms with van der Waals surface area (Å²) in [4.78, 5) is 9.04. The zero-order valence-electron chi connectivity index (χ0n) is 12.4. The average Bonchev–Trinajstić information content (AvgIpc) is 2.36. The predicted molar refractivity (Wildman–Crippen MR) is 79.1 cm³/mol. The number of aryl methyl sites for hydroxylation is 3. The fourth-order valence-corrected chi connectivity index (χ4v) is 2.55. The predicted octanol–water partition coefficient (Wildman–Crippen LogP) is 3.27. The van der Waals surface area contributed by atoms with Gasteiger partial charge in [0.05, 0.1) is 0 Å². The molecule has 0 saturated heterocycles.